The summed E-state index contributed by atoms with van der Waals surface area (Å²) in [6.07, 6.45) is 2.47. The molecule has 128 valence electrons. The van der Waals surface area contributed by atoms with E-state index >= 15 is 0 Å². The third kappa shape index (κ3) is 5.49. The van der Waals surface area contributed by atoms with E-state index in [4.69, 9.17) is 0 Å². The first-order valence-electron chi connectivity index (χ1n) is 7.92. The minimum absolute atomic E-state index is 0.126. The van der Waals surface area contributed by atoms with E-state index in [1.54, 1.807) is 12.1 Å². The molecule has 0 aliphatic carbocycles. The van der Waals surface area contributed by atoms with Gasteiger partial charge in [0.15, 0.2) is 9.84 Å². The minimum atomic E-state index is -3.22. The number of hydrogen-bond acceptors (Lipinski definition) is 3. The number of benzene rings is 2. The zero-order chi connectivity index (χ0) is 17.7. The maximum Gasteiger partial charge on any atom is 0.228 e. The fourth-order valence-corrected chi connectivity index (χ4v) is 3.07. The number of rotatable bonds is 6. The largest absolute Gasteiger partial charge is 0.326 e. The lowest BCUT2D eigenvalue weighted by Crippen LogP contribution is -2.14. The molecule has 2 aromatic rings. The summed E-state index contributed by atoms with van der Waals surface area (Å²) in [5.41, 5.74) is 2.81. The van der Waals surface area contributed by atoms with Gasteiger partial charge in [0.05, 0.1) is 11.3 Å². The molecule has 0 saturated heterocycles. The predicted molar refractivity (Wildman–Crippen MR) is 96.9 cm³/mol. The molecule has 5 heteroatoms. The molecule has 0 spiro atoms. The highest BCUT2D eigenvalue weighted by Crippen LogP contribution is 2.15. The van der Waals surface area contributed by atoms with Crippen molar-refractivity contribution >= 4 is 21.4 Å². The van der Waals surface area contributed by atoms with Crippen LogP contribution in [0.3, 0.4) is 0 Å². The maximum atomic E-state index is 12.1. The molecule has 2 aromatic carbocycles. The van der Waals surface area contributed by atoms with Gasteiger partial charge in [-0.25, -0.2) is 8.42 Å². The van der Waals surface area contributed by atoms with Crippen LogP contribution in [-0.4, -0.2) is 20.6 Å². The lowest BCUT2D eigenvalue weighted by molar-refractivity contribution is -0.115. The van der Waals surface area contributed by atoms with Crippen molar-refractivity contribution < 1.29 is 13.2 Å². The quantitative estimate of drug-likeness (QED) is 0.872. The Morgan fingerprint density at radius 1 is 0.958 bits per heavy atom. The van der Waals surface area contributed by atoms with Crippen LogP contribution in [-0.2, 0) is 27.5 Å². The molecule has 0 atom stereocenters. The van der Waals surface area contributed by atoms with E-state index in [-0.39, 0.29) is 17.2 Å². The van der Waals surface area contributed by atoms with Gasteiger partial charge in [0.2, 0.25) is 5.91 Å². The van der Waals surface area contributed by atoms with Gasteiger partial charge >= 0.3 is 0 Å². The standard InChI is InChI=1S/C19H23NO3S/c1-14(2)12-15-4-6-16(7-5-15)13-19(21)20-17-8-10-18(11-9-17)24(3,22)23/h4-11,14H,12-13H2,1-3H3,(H,20,21). The van der Waals surface area contributed by atoms with E-state index in [2.05, 4.69) is 31.3 Å². The van der Waals surface area contributed by atoms with Gasteiger partial charge in [0, 0.05) is 11.9 Å². The van der Waals surface area contributed by atoms with Crippen LogP contribution in [0, 0.1) is 5.92 Å². The number of sulfone groups is 1. The smallest absolute Gasteiger partial charge is 0.228 e. The third-order valence-corrected chi connectivity index (χ3v) is 4.73. The molecule has 2 rings (SSSR count). The van der Waals surface area contributed by atoms with Gasteiger partial charge in [0.25, 0.3) is 0 Å². The second-order valence-corrected chi connectivity index (χ2v) is 8.45. The first kappa shape index (κ1) is 18.2. The molecule has 0 saturated carbocycles. The van der Waals surface area contributed by atoms with Crippen LogP contribution in [0.4, 0.5) is 5.69 Å². The summed E-state index contributed by atoms with van der Waals surface area (Å²) >= 11 is 0. The molecule has 0 aromatic heterocycles. The Labute approximate surface area is 143 Å². The first-order valence-corrected chi connectivity index (χ1v) is 9.81. The SMILES string of the molecule is CC(C)Cc1ccc(CC(=O)Nc2ccc(S(C)(=O)=O)cc2)cc1. The Hall–Kier alpha value is -2.14. The second-order valence-electron chi connectivity index (χ2n) is 6.44. The van der Waals surface area contributed by atoms with Crippen LogP contribution in [0.2, 0.25) is 0 Å². The van der Waals surface area contributed by atoms with Gasteiger partial charge in [-0.3, -0.25) is 4.79 Å². The monoisotopic (exact) mass is 345 g/mol. The summed E-state index contributed by atoms with van der Waals surface area (Å²) in [5.74, 6) is 0.479. The molecule has 0 radical (unpaired) electrons. The first-order chi connectivity index (χ1) is 11.2. The van der Waals surface area contributed by atoms with Crippen LogP contribution in [0.25, 0.3) is 0 Å². The molecule has 0 unspecified atom stereocenters. The molecule has 4 nitrogen and oxygen atoms in total. The summed E-state index contributed by atoms with van der Waals surface area (Å²) < 4.78 is 22.8. The Morgan fingerprint density at radius 2 is 1.50 bits per heavy atom. The predicted octanol–water partition coefficient (Wildman–Crippen LogP) is 3.47. The van der Waals surface area contributed by atoms with Crippen molar-refractivity contribution in [2.24, 2.45) is 5.92 Å². The summed E-state index contributed by atoms with van der Waals surface area (Å²) in [4.78, 5) is 12.3. The number of hydrogen-bond donors (Lipinski definition) is 1. The fraction of sp³-hybridized carbons (Fsp3) is 0.316. The number of carbonyl (C=O) groups is 1. The van der Waals surface area contributed by atoms with E-state index in [1.165, 1.54) is 17.7 Å². The van der Waals surface area contributed by atoms with Crippen molar-refractivity contribution in [3.05, 3.63) is 59.7 Å². The van der Waals surface area contributed by atoms with Crippen molar-refractivity contribution in [1.82, 2.24) is 0 Å². The molecular formula is C19H23NO3S. The Balaban J connectivity index is 1.95. The van der Waals surface area contributed by atoms with Crippen LogP contribution in [0.15, 0.2) is 53.4 Å². The lowest BCUT2D eigenvalue weighted by Gasteiger charge is -2.08. The van der Waals surface area contributed by atoms with Gasteiger partial charge in [-0.1, -0.05) is 38.1 Å². The van der Waals surface area contributed by atoms with Crippen molar-refractivity contribution in [2.45, 2.75) is 31.6 Å². The normalized spacial score (nSPS) is 11.5. The van der Waals surface area contributed by atoms with Crippen molar-refractivity contribution in [3.8, 4) is 0 Å². The Morgan fingerprint density at radius 3 is 2.00 bits per heavy atom. The zero-order valence-corrected chi connectivity index (χ0v) is 15.1. The van der Waals surface area contributed by atoms with Gasteiger partial charge in [-0.15, -0.1) is 0 Å². The highest BCUT2D eigenvalue weighted by molar-refractivity contribution is 7.90. The van der Waals surface area contributed by atoms with E-state index in [1.807, 2.05) is 12.1 Å². The number of carbonyl (C=O) groups excluding carboxylic acids is 1. The van der Waals surface area contributed by atoms with Crippen LogP contribution in [0.1, 0.15) is 25.0 Å². The summed E-state index contributed by atoms with van der Waals surface area (Å²) in [5, 5.41) is 2.78. The van der Waals surface area contributed by atoms with E-state index in [9.17, 15) is 13.2 Å². The molecule has 1 N–H and O–H groups in total. The third-order valence-electron chi connectivity index (χ3n) is 3.60. The molecule has 0 bridgehead atoms. The molecule has 24 heavy (non-hydrogen) atoms. The lowest BCUT2D eigenvalue weighted by atomic mass is 10.0. The molecule has 0 aliphatic rings. The number of nitrogens with one attached hydrogen (secondary N) is 1. The molecular weight excluding hydrogens is 322 g/mol. The van der Waals surface area contributed by atoms with Gasteiger partial charge in [0.1, 0.15) is 0 Å². The average molecular weight is 345 g/mol. The van der Waals surface area contributed by atoms with Crippen molar-refractivity contribution in [3.63, 3.8) is 0 Å². The summed E-state index contributed by atoms with van der Waals surface area (Å²) in [7, 11) is -3.22. The molecule has 0 aliphatic heterocycles. The maximum absolute atomic E-state index is 12.1. The van der Waals surface area contributed by atoms with Crippen LogP contribution >= 0.6 is 0 Å². The number of anilines is 1. The van der Waals surface area contributed by atoms with E-state index in [0.717, 1.165) is 18.2 Å². The highest BCUT2D eigenvalue weighted by atomic mass is 32.2. The highest BCUT2D eigenvalue weighted by Gasteiger charge is 2.08. The Bertz CT molecular complexity index is 792. The second kappa shape index (κ2) is 7.62. The summed E-state index contributed by atoms with van der Waals surface area (Å²) in [6, 6.07) is 14.2. The van der Waals surface area contributed by atoms with Crippen molar-refractivity contribution in [2.75, 3.05) is 11.6 Å². The van der Waals surface area contributed by atoms with Gasteiger partial charge < -0.3 is 5.32 Å². The molecule has 0 fully saturated rings. The Kier molecular flexibility index (Phi) is 5.78. The minimum Gasteiger partial charge on any atom is -0.326 e. The zero-order valence-electron chi connectivity index (χ0n) is 14.2. The number of amides is 1. The molecule has 1 amide bonds. The van der Waals surface area contributed by atoms with E-state index < -0.39 is 9.84 Å². The topological polar surface area (TPSA) is 63.2 Å². The van der Waals surface area contributed by atoms with E-state index in [0.29, 0.717) is 11.6 Å². The van der Waals surface area contributed by atoms with Gasteiger partial charge in [-0.2, -0.15) is 0 Å². The van der Waals surface area contributed by atoms with Crippen molar-refractivity contribution in [1.29, 1.82) is 0 Å². The summed E-state index contributed by atoms with van der Waals surface area (Å²) in [6.45, 7) is 4.35. The van der Waals surface area contributed by atoms with Gasteiger partial charge in [-0.05, 0) is 47.7 Å². The molecule has 0 heterocycles. The van der Waals surface area contributed by atoms with Crippen LogP contribution < -0.4 is 5.32 Å². The fourth-order valence-electron chi connectivity index (χ4n) is 2.44. The van der Waals surface area contributed by atoms with Crippen LogP contribution in [0.5, 0.6) is 0 Å². The average Bonchev–Trinajstić information content (AvgIpc) is 2.48.